The van der Waals surface area contributed by atoms with E-state index in [1.165, 1.54) is 12.5 Å². The number of imidazole rings is 1. The zero-order chi connectivity index (χ0) is 23.6. The van der Waals surface area contributed by atoms with Gasteiger partial charge in [-0.15, -0.1) is 0 Å². The van der Waals surface area contributed by atoms with Gasteiger partial charge in [-0.2, -0.15) is 0 Å². The lowest BCUT2D eigenvalue weighted by Gasteiger charge is -2.23. The largest absolute Gasteiger partial charge is 0.480 e. The molecule has 0 radical (unpaired) electrons. The van der Waals surface area contributed by atoms with Crippen LogP contribution in [0.5, 0.6) is 0 Å². The molecule has 11 N–H and O–H groups in total. The van der Waals surface area contributed by atoms with E-state index in [4.69, 9.17) is 16.6 Å². The number of hydrogen-bond donors (Lipinski definition) is 9. The topological polar surface area (TPSA) is 263 Å². The molecule has 0 aliphatic heterocycles. The second-order valence-corrected chi connectivity index (χ2v) is 6.44. The van der Waals surface area contributed by atoms with Crippen LogP contribution in [-0.4, -0.2) is 92.3 Å². The molecule has 1 aromatic rings. The summed E-state index contributed by atoms with van der Waals surface area (Å²) < 4.78 is 0. The van der Waals surface area contributed by atoms with Gasteiger partial charge in [0.05, 0.1) is 26.0 Å². The van der Waals surface area contributed by atoms with Crippen LogP contribution < -0.4 is 27.4 Å². The summed E-state index contributed by atoms with van der Waals surface area (Å²) in [6, 6.07) is -5.93. The average Bonchev–Trinajstić information content (AvgIpc) is 3.22. The van der Waals surface area contributed by atoms with Gasteiger partial charge in [-0.3, -0.25) is 19.2 Å². The molecule has 0 aliphatic rings. The van der Waals surface area contributed by atoms with Crippen LogP contribution in [0.3, 0.4) is 0 Å². The number of rotatable bonds is 13. The molecule has 15 heteroatoms. The van der Waals surface area contributed by atoms with Crippen molar-refractivity contribution in [3.63, 3.8) is 0 Å². The van der Waals surface area contributed by atoms with Crippen molar-refractivity contribution < 1.29 is 39.3 Å². The molecule has 0 fully saturated rings. The smallest absolute Gasteiger partial charge is 0.326 e. The Morgan fingerprint density at radius 2 is 1.55 bits per heavy atom. The summed E-state index contributed by atoms with van der Waals surface area (Å²) in [6.45, 7) is -1.65. The quantitative estimate of drug-likeness (QED) is 0.140. The molecule has 4 unspecified atom stereocenters. The highest BCUT2D eigenvalue weighted by Crippen LogP contribution is 2.01. The lowest BCUT2D eigenvalue weighted by molar-refractivity contribution is -0.142. The number of primary amides is 1. The number of hydrogen-bond acceptors (Lipinski definition) is 9. The van der Waals surface area contributed by atoms with Crippen molar-refractivity contribution in [3.8, 4) is 0 Å². The van der Waals surface area contributed by atoms with Gasteiger partial charge in [0.2, 0.25) is 23.6 Å². The lowest BCUT2D eigenvalue weighted by atomic mass is 10.1. The summed E-state index contributed by atoms with van der Waals surface area (Å²) in [5.74, 6) is -5.39. The SMILES string of the molecule is NC(=O)CC(NC(=O)C(N)CO)C(=O)NC(CO)C(=O)NC(Cc1cnc[nH]1)C(=O)O. The zero-order valence-electron chi connectivity index (χ0n) is 16.3. The van der Waals surface area contributed by atoms with Gasteiger partial charge < -0.3 is 47.7 Å². The predicted octanol–water partition coefficient (Wildman–Crippen LogP) is -5.32. The third-order valence-corrected chi connectivity index (χ3v) is 3.98. The summed E-state index contributed by atoms with van der Waals surface area (Å²) in [5.41, 5.74) is 10.8. The van der Waals surface area contributed by atoms with Crippen molar-refractivity contribution in [2.45, 2.75) is 37.0 Å². The fourth-order valence-electron chi connectivity index (χ4n) is 2.33. The molecule has 0 bridgehead atoms. The highest BCUT2D eigenvalue weighted by molar-refractivity contribution is 5.96. The molecular weight excluding hydrogens is 418 g/mol. The number of carbonyl (C=O) groups excluding carboxylic acids is 4. The van der Waals surface area contributed by atoms with Crippen LogP contribution in [-0.2, 0) is 30.4 Å². The van der Waals surface area contributed by atoms with Gasteiger partial charge in [0.25, 0.3) is 0 Å². The monoisotopic (exact) mass is 443 g/mol. The molecule has 0 aromatic carbocycles. The number of nitrogens with one attached hydrogen (secondary N) is 4. The summed E-state index contributed by atoms with van der Waals surface area (Å²) in [7, 11) is 0. The highest BCUT2D eigenvalue weighted by atomic mass is 16.4. The van der Waals surface area contributed by atoms with E-state index in [0.29, 0.717) is 5.69 Å². The number of aromatic amines is 1. The Morgan fingerprint density at radius 1 is 0.968 bits per heavy atom. The molecule has 0 aliphatic carbocycles. The maximum absolute atomic E-state index is 12.4. The van der Waals surface area contributed by atoms with Crippen LogP contribution in [0.1, 0.15) is 12.1 Å². The van der Waals surface area contributed by atoms with Crippen molar-refractivity contribution >= 4 is 29.6 Å². The molecule has 0 saturated heterocycles. The number of H-pyrrole nitrogens is 1. The Bertz CT molecular complexity index is 785. The molecule has 4 atom stereocenters. The predicted molar refractivity (Wildman–Crippen MR) is 102 cm³/mol. The summed E-state index contributed by atoms with van der Waals surface area (Å²) in [6.07, 6.45) is 1.88. The van der Waals surface area contributed by atoms with Gasteiger partial charge in [0.1, 0.15) is 24.2 Å². The van der Waals surface area contributed by atoms with Crippen LogP contribution >= 0.6 is 0 Å². The summed E-state index contributed by atoms with van der Waals surface area (Å²) in [4.78, 5) is 65.6. The average molecular weight is 443 g/mol. The molecule has 0 saturated carbocycles. The van der Waals surface area contributed by atoms with Crippen LogP contribution in [0.15, 0.2) is 12.5 Å². The Kier molecular flexibility index (Phi) is 10.0. The first-order chi connectivity index (χ1) is 14.6. The van der Waals surface area contributed by atoms with E-state index < -0.39 is 73.4 Å². The van der Waals surface area contributed by atoms with Gasteiger partial charge in [-0.25, -0.2) is 9.78 Å². The first-order valence-corrected chi connectivity index (χ1v) is 8.95. The van der Waals surface area contributed by atoms with Gasteiger partial charge in [0.15, 0.2) is 0 Å². The van der Waals surface area contributed by atoms with Gasteiger partial charge in [-0.1, -0.05) is 0 Å². The van der Waals surface area contributed by atoms with E-state index in [2.05, 4.69) is 25.9 Å². The maximum Gasteiger partial charge on any atom is 0.326 e. The van der Waals surface area contributed by atoms with E-state index >= 15 is 0 Å². The van der Waals surface area contributed by atoms with Gasteiger partial charge >= 0.3 is 5.97 Å². The second-order valence-electron chi connectivity index (χ2n) is 6.44. The standard InChI is InChI=1S/C16H25N7O8/c17-8(4-24)13(27)21-9(2-12(18)26)14(28)23-11(5-25)15(29)22-10(16(30)31)1-7-3-19-6-20-7/h3,6,8-11,24-25H,1-2,4-5,17H2,(H2,18,26)(H,19,20)(H,21,27)(H,22,29)(H,23,28)(H,30,31). The minimum Gasteiger partial charge on any atom is -0.480 e. The number of aliphatic hydroxyl groups excluding tert-OH is 2. The van der Waals surface area contributed by atoms with E-state index in [9.17, 15) is 34.2 Å². The molecule has 1 heterocycles. The summed E-state index contributed by atoms with van der Waals surface area (Å²) in [5, 5.41) is 34.0. The van der Waals surface area contributed by atoms with Crippen molar-refractivity contribution in [1.29, 1.82) is 0 Å². The van der Waals surface area contributed by atoms with Gasteiger partial charge in [0, 0.05) is 18.3 Å². The van der Waals surface area contributed by atoms with Crippen LogP contribution in [0.2, 0.25) is 0 Å². The van der Waals surface area contributed by atoms with Crippen molar-refractivity contribution in [3.05, 3.63) is 18.2 Å². The molecule has 0 spiro atoms. The number of carboxylic acids is 1. The number of amides is 4. The molecule has 1 rings (SSSR count). The molecule has 31 heavy (non-hydrogen) atoms. The normalized spacial score (nSPS) is 14.5. The third-order valence-electron chi connectivity index (χ3n) is 3.98. The number of nitrogens with zero attached hydrogens (tertiary/aromatic N) is 1. The van der Waals surface area contributed by atoms with Crippen molar-refractivity contribution in [1.82, 2.24) is 25.9 Å². The number of aromatic nitrogens is 2. The first kappa shape index (κ1) is 25.5. The fraction of sp³-hybridized carbons (Fsp3) is 0.500. The molecule has 15 nitrogen and oxygen atoms in total. The van der Waals surface area contributed by atoms with Crippen LogP contribution in [0.25, 0.3) is 0 Å². The van der Waals surface area contributed by atoms with E-state index in [-0.39, 0.29) is 6.42 Å². The minimum absolute atomic E-state index is 0.146. The second kappa shape index (κ2) is 12.2. The first-order valence-electron chi connectivity index (χ1n) is 8.95. The Hall–Kier alpha value is -3.56. The van der Waals surface area contributed by atoms with E-state index in [1.54, 1.807) is 0 Å². The van der Waals surface area contributed by atoms with E-state index in [0.717, 1.165) is 0 Å². The Labute approximate surface area is 175 Å². The highest BCUT2D eigenvalue weighted by Gasteiger charge is 2.31. The fourth-order valence-corrected chi connectivity index (χ4v) is 2.33. The van der Waals surface area contributed by atoms with Crippen LogP contribution in [0, 0.1) is 0 Å². The maximum atomic E-state index is 12.4. The molecule has 172 valence electrons. The van der Waals surface area contributed by atoms with Gasteiger partial charge in [-0.05, 0) is 0 Å². The van der Waals surface area contributed by atoms with Crippen molar-refractivity contribution in [2.75, 3.05) is 13.2 Å². The number of aliphatic carboxylic acids is 1. The van der Waals surface area contributed by atoms with E-state index in [1.807, 2.05) is 0 Å². The molecule has 1 aromatic heterocycles. The number of aliphatic hydroxyl groups is 2. The summed E-state index contributed by atoms with van der Waals surface area (Å²) >= 11 is 0. The number of nitrogens with two attached hydrogens (primary N) is 2. The number of carbonyl (C=O) groups is 5. The zero-order valence-corrected chi connectivity index (χ0v) is 16.3. The Morgan fingerprint density at radius 3 is 2.03 bits per heavy atom. The molecule has 4 amide bonds. The minimum atomic E-state index is -1.60. The third kappa shape index (κ3) is 8.37. The Balaban J connectivity index is 2.84. The molecular formula is C16H25N7O8. The van der Waals surface area contributed by atoms with Crippen molar-refractivity contribution in [2.24, 2.45) is 11.5 Å². The lowest BCUT2D eigenvalue weighted by Crippen LogP contribution is -2.59. The number of carboxylic acid groups (broad SMARTS) is 1. The van der Waals surface area contributed by atoms with Crippen LogP contribution in [0.4, 0.5) is 0 Å².